The van der Waals surface area contributed by atoms with Crippen LogP contribution in [0, 0.1) is 18.6 Å². The van der Waals surface area contributed by atoms with Gasteiger partial charge in [0.15, 0.2) is 11.6 Å². The number of carbonyl (C=O) groups is 1. The average Bonchev–Trinajstić information content (AvgIpc) is 3.05. The molecule has 0 saturated carbocycles. The molecule has 2 N–H and O–H groups in total. The standard InChI is InChI=1S/C21H18F2N4O2/c1-10-12-6-4-5-7-17(12)24-18(10)21(29)27(3)11(2)19-13-8-15(22)16(23)9-14(13)20(28)26-25-19/h4-9,11,24H,1-3H3,(H,26,28). The fraction of sp³-hybridized carbons (Fsp3) is 0.190. The summed E-state index contributed by atoms with van der Waals surface area (Å²) in [5, 5.41) is 7.39. The Hall–Kier alpha value is -3.55. The van der Waals surface area contributed by atoms with E-state index >= 15 is 0 Å². The second kappa shape index (κ2) is 6.80. The summed E-state index contributed by atoms with van der Waals surface area (Å²) in [5.41, 5.74) is 1.74. The first-order chi connectivity index (χ1) is 13.8. The van der Waals surface area contributed by atoms with Gasteiger partial charge in [-0.3, -0.25) is 9.59 Å². The van der Waals surface area contributed by atoms with E-state index in [9.17, 15) is 18.4 Å². The van der Waals surface area contributed by atoms with Gasteiger partial charge >= 0.3 is 0 Å². The van der Waals surface area contributed by atoms with Crippen LogP contribution in [0.3, 0.4) is 0 Å². The van der Waals surface area contributed by atoms with Crippen LogP contribution >= 0.6 is 0 Å². The van der Waals surface area contributed by atoms with Crippen LogP contribution in [0.15, 0.2) is 41.2 Å². The Kier molecular flexibility index (Phi) is 4.41. The number of para-hydroxylation sites is 1. The van der Waals surface area contributed by atoms with E-state index in [4.69, 9.17) is 0 Å². The van der Waals surface area contributed by atoms with Gasteiger partial charge in [-0.15, -0.1) is 0 Å². The highest BCUT2D eigenvalue weighted by molar-refractivity contribution is 6.01. The van der Waals surface area contributed by atoms with Gasteiger partial charge in [-0.1, -0.05) is 18.2 Å². The molecule has 1 amide bonds. The summed E-state index contributed by atoms with van der Waals surface area (Å²) in [4.78, 5) is 29.7. The quantitative estimate of drug-likeness (QED) is 0.552. The van der Waals surface area contributed by atoms with Crippen LogP contribution in [-0.2, 0) is 0 Å². The second-order valence-electron chi connectivity index (χ2n) is 7.01. The molecule has 0 aliphatic heterocycles. The minimum Gasteiger partial charge on any atom is -0.350 e. The number of rotatable bonds is 3. The summed E-state index contributed by atoms with van der Waals surface area (Å²) in [6, 6.07) is 8.75. The normalized spacial score (nSPS) is 12.4. The van der Waals surface area contributed by atoms with Gasteiger partial charge in [-0.05, 0) is 37.6 Å². The number of nitrogens with zero attached hydrogens (tertiary/aromatic N) is 2. The summed E-state index contributed by atoms with van der Waals surface area (Å²) < 4.78 is 27.4. The maximum Gasteiger partial charge on any atom is 0.272 e. The Morgan fingerprint density at radius 1 is 1.10 bits per heavy atom. The molecule has 6 nitrogen and oxygen atoms in total. The van der Waals surface area contributed by atoms with Crippen molar-refractivity contribution in [2.75, 3.05) is 7.05 Å². The number of carbonyl (C=O) groups excluding carboxylic acids is 1. The molecule has 0 aliphatic rings. The fourth-order valence-corrected chi connectivity index (χ4v) is 3.53. The zero-order valence-corrected chi connectivity index (χ0v) is 16.0. The number of H-pyrrole nitrogens is 2. The third-order valence-electron chi connectivity index (χ3n) is 5.34. The lowest BCUT2D eigenvalue weighted by Crippen LogP contribution is -2.31. The highest BCUT2D eigenvalue weighted by atomic mass is 19.2. The Bertz CT molecular complexity index is 1330. The molecule has 148 valence electrons. The monoisotopic (exact) mass is 396 g/mol. The summed E-state index contributed by atoms with van der Waals surface area (Å²) in [6.07, 6.45) is 0. The van der Waals surface area contributed by atoms with E-state index < -0.39 is 23.2 Å². The lowest BCUT2D eigenvalue weighted by molar-refractivity contribution is 0.0734. The van der Waals surface area contributed by atoms with Crippen LogP contribution in [0.4, 0.5) is 8.78 Å². The van der Waals surface area contributed by atoms with Crippen LogP contribution in [-0.4, -0.2) is 33.0 Å². The maximum atomic E-state index is 13.8. The van der Waals surface area contributed by atoms with Crippen LogP contribution in [0.5, 0.6) is 0 Å². The molecule has 4 aromatic rings. The van der Waals surface area contributed by atoms with E-state index in [2.05, 4.69) is 15.2 Å². The maximum absolute atomic E-state index is 13.8. The van der Waals surface area contributed by atoms with Crippen LogP contribution in [0.1, 0.15) is 34.7 Å². The van der Waals surface area contributed by atoms with Gasteiger partial charge in [0, 0.05) is 23.3 Å². The zero-order chi connectivity index (χ0) is 20.9. The van der Waals surface area contributed by atoms with E-state index in [-0.39, 0.29) is 22.4 Å². The molecule has 2 heterocycles. The largest absolute Gasteiger partial charge is 0.350 e. The first-order valence-electron chi connectivity index (χ1n) is 9.01. The SMILES string of the molecule is Cc1c(C(=O)N(C)C(C)c2n[nH]c(=O)c3cc(F)c(F)cc23)[nH]c2ccccc12. The number of amides is 1. The number of benzene rings is 2. The fourth-order valence-electron chi connectivity index (χ4n) is 3.53. The molecule has 0 bridgehead atoms. The van der Waals surface area contributed by atoms with Gasteiger partial charge < -0.3 is 9.88 Å². The molecule has 0 aliphatic carbocycles. The van der Waals surface area contributed by atoms with Gasteiger partial charge in [0.1, 0.15) is 5.69 Å². The number of fused-ring (bicyclic) bond motifs is 2. The third kappa shape index (κ3) is 2.97. The summed E-state index contributed by atoms with van der Waals surface area (Å²) >= 11 is 0. The highest BCUT2D eigenvalue weighted by Gasteiger charge is 2.26. The minimum atomic E-state index is -1.12. The van der Waals surface area contributed by atoms with Crippen LogP contribution in [0.2, 0.25) is 0 Å². The molecular weight excluding hydrogens is 378 g/mol. The summed E-state index contributed by atoms with van der Waals surface area (Å²) in [7, 11) is 1.59. The van der Waals surface area contributed by atoms with E-state index in [0.717, 1.165) is 28.6 Å². The Morgan fingerprint density at radius 2 is 1.76 bits per heavy atom. The highest BCUT2D eigenvalue weighted by Crippen LogP contribution is 2.28. The topological polar surface area (TPSA) is 81.8 Å². The van der Waals surface area contributed by atoms with Crippen molar-refractivity contribution in [2.45, 2.75) is 19.9 Å². The van der Waals surface area contributed by atoms with Gasteiger partial charge in [-0.25, -0.2) is 13.9 Å². The number of aryl methyl sites for hydroxylation is 1. The minimum absolute atomic E-state index is 0.0246. The first kappa shape index (κ1) is 18.8. The van der Waals surface area contributed by atoms with Crippen molar-refractivity contribution in [2.24, 2.45) is 0 Å². The number of hydrogen-bond donors (Lipinski definition) is 2. The Morgan fingerprint density at radius 3 is 2.45 bits per heavy atom. The third-order valence-corrected chi connectivity index (χ3v) is 5.34. The molecule has 1 atom stereocenters. The molecule has 8 heteroatoms. The van der Waals surface area contributed by atoms with E-state index in [1.165, 1.54) is 4.90 Å². The van der Waals surface area contributed by atoms with Crippen molar-refractivity contribution in [1.82, 2.24) is 20.1 Å². The second-order valence-corrected chi connectivity index (χ2v) is 7.01. The van der Waals surface area contributed by atoms with E-state index in [1.807, 2.05) is 31.2 Å². The van der Waals surface area contributed by atoms with E-state index in [1.54, 1.807) is 14.0 Å². The van der Waals surface area contributed by atoms with E-state index in [0.29, 0.717) is 5.69 Å². The first-order valence-corrected chi connectivity index (χ1v) is 9.01. The molecule has 4 rings (SSSR count). The average molecular weight is 396 g/mol. The van der Waals surface area contributed by atoms with Crippen LogP contribution in [0.25, 0.3) is 21.7 Å². The molecule has 29 heavy (non-hydrogen) atoms. The molecule has 2 aromatic heterocycles. The van der Waals surface area contributed by atoms with Crippen molar-refractivity contribution >= 4 is 27.6 Å². The predicted octanol–water partition coefficient (Wildman–Crippen LogP) is 3.82. The molecule has 0 radical (unpaired) electrons. The number of aromatic amines is 2. The summed E-state index contributed by atoms with van der Waals surface area (Å²) in [6.45, 7) is 3.56. The van der Waals surface area contributed by atoms with Gasteiger partial charge in [0.2, 0.25) is 0 Å². The Labute approximate surface area is 164 Å². The van der Waals surface area contributed by atoms with Crippen molar-refractivity contribution in [1.29, 1.82) is 0 Å². The lowest BCUT2D eigenvalue weighted by atomic mass is 10.0. The number of halogens is 2. The number of hydrogen-bond acceptors (Lipinski definition) is 3. The van der Waals surface area contributed by atoms with Crippen molar-refractivity contribution in [3.63, 3.8) is 0 Å². The van der Waals surface area contributed by atoms with Gasteiger partial charge in [0.25, 0.3) is 11.5 Å². The van der Waals surface area contributed by atoms with Crippen molar-refractivity contribution < 1.29 is 13.6 Å². The van der Waals surface area contributed by atoms with Crippen molar-refractivity contribution in [3.05, 3.63) is 75.3 Å². The van der Waals surface area contributed by atoms with Gasteiger partial charge in [-0.2, -0.15) is 5.10 Å². The Balaban J connectivity index is 1.78. The van der Waals surface area contributed by atoms with Crippen LogP contribution < -0.4 is 5.56 Å². The number of nitrogens with one attached hydrogen (secondary N) is 2. The summed E-state index contributed by atoms with van der Waals surface area (Å²) in [5.74, 6) is -2.49. The molecule has 2 aromatic carbocycles. The van der Waals surface area contributed by atoms with Gasteiger partial charge in [0.05, 0.1) is 17.1 Å². The number of aromatic nitrogens is 3. The molecule has 0 saturated heterocycles. The zero-order valence-electron chi connectivity index (χ0n) is 16.0. The molecule has 0 spiro atoms. The molecule has 0 fully saturated rings. The predicted molar refractivity (Wildman–Crippen MR) is 106 cm³/mol. The molecule has 1 unspecified atom stereocenters. The smallest absolute Gasteiger partial charge is 0.272 e. The lowest BCUT2D eigenvalue weighted by Gasteiger charge is -2.25. The van der Waals surface area contributed by atoms with Crippen molar-refractivity contribution in [3.8, 4) is 0 Å². The molecular formula is C21H18F2N4O2.